The normalized spacial score (nSPS) is 12.1. The zero-order valence-electron chi connectivity index (χ0n) is 6.61. The third-order valence-corrected chi connectivity index (χ3v) is 1.48. The Morgan fingerprint density at radius 2 is 2.11 bits per heavy atom. The number of allylic oxidation sites excluding steroid dienone is 2. The molecule has 0 saturated heterocycles. The van der Waals surface area contributed by atoms with Crippen LogP contribution in [0.5, 0.6) is 0 Å². The molecule has 0 aromatic rings. The maximum absolute atomic E-state index is 3.81. The van der Waals surface area contributed by atoms with E-state index in [4.69, 9.17) is 0 Å². The summed E-state index contributed by atoms with van der Waals surface area (Å²) in [4.78, 5) is 0. The van der Waals surface area contributed by atoms with E-state index in [2.05, 4.69) is 26.8 Å². The first-order chi connectivity index (χ1) is 4.35. The quantitative estimate of drug-likeness (QED) is 0.505. The zero-order chi connectivity index (χ0) is 7.11. The largest absolute Gasteiger partial charge is 0.0885 e. The minimum atomic E-state index is 1.04. The van der Waals surface area contributed by atoms with Gasteiger partial charge in [-0.3, -0.25) is 0 Å². The predicted molar refractivity (Wildman–Crippen MR) is 43.3 cm³/mol. The smallest absolute Gasteiger partial charge is 0.0320 e. The van der Waals surface area contributed by atoms with Crippen molar-refractivity contribution in [3.05, 3.63) is 18.6 Å². The Morgan fingerprint density at radius 1 is 1.44 bits per heavy atom. The molecule has 0 amide bonds. The van der Waals surface area contributed by atoms with E-state index >= 15 is 0 Å². The molecule has 53 valence electrons. The highest BCUT2D eigenvalue weighted by Crippen LogP contribution is 2.10. The Hall–Kier alpha value is -0.260. The summed E-state index contributed by atoms with van der Waals surface area (Å²) < 4.78 is 0. The highest BCUT2D eigenvalue weighted by Gasteiger charge is 1.90. The van der Waals surface area contributed by atoms with Crippen LogP contribution in [0.2, 0.25) is 0 Å². The first-order valence-corrected chi connectivity index (χ1v) is 3.78. The van der Waals surface area contributed by atoms with Crippen molar-refractivity contribution in [2.45, 2.75) is 39.5 Å². The topological polar surface area (TPSA) is 0 Å². The summed E-state index contributed by atoms with van der Waals surface area (Å²) in [6, 6.07) is 0. The van der Waals surface area contributed by atoms with Crippen LogP contribution in [0.3, 0.4) is 0 Å². The first-order valence-electron chi connectivity index (χ1n) is 3.78. The predicted octanol–water partition coefficient (Wildman–Crippen LogP) is 3.35. The van der Waals surface area contributed by atoms with Crippen LogP contribution in [0.15, 0.2) is 11.6 Å². The Labute approximate surface area is 59.0 Å². The van der Waals surface area contributed by atoms with E-state index in [1.807, 2.05) is 0 Å². The molecule has 0 atom stereocenters. The molecule has 0 aromatic heterocycles. The highest BCUT2D eigenvalue weighted by molar-refractivity contribution is 4.99. The third kappa shape index (κ3) is 4.26. The summed E-state index contributed by atoms with van der Waals surface area (Å²) in [5.74, 6) is 0. The van der Waals surface area contributed by atoms with Crippen LogP contribution in [0, 0.1) is 6.92 Å². The summed E-state index contributed by atoms with van der Waals surface area (Å²) in [5.41, 5.74) is 1.56. The van der Waals surface area contributed by atoms with Crippen LogP contribution in [-0.2, 0) is 0 Å². The second-order valence-electron chi connectivity index (χ2n) is 2.30. The molecule has 0 N–H and O–H groups in total. The molecule has 0 aromatic carbocycles. The van der Waals surface area contributed by atoms with Gasteiger partial charge in [-0.05, 0) is 26.2 Å². The van der Waals surface area contributed by atoms with Crippen LogP contribution in [-0.4, -0.2) is 0 Å². The molecule has 0 heterocycles. The molecule has 0 unspecified atom stereocenters. The Bertz CT molecular complexity index is 72.0. The van der Waals surface area contributed by atoms with E-state index in [0.717, 1.165) is 6.42 Å². The Morgan fingerprint density at radius 3 is 2.44 bits per heavy atom. The van der Waals surface area contributed by atoms with Gasteiger partial charge in [-0.1, -0.05) is 31.9 Å². The van der Waals surface area contributed by atoms with Crippen molar-refractivity contribution < 1.29 is 0 Å². The number of hydrogen-bond acceptors (Lipinski definition) is 0. The minimum Gasteiger partial charge on any atom is -0.0885 e. The van der Waals surface area contributed by atoms with Crippen molar-refractivity contribution in [2.75, 3.05) is 0 Å². The van der Waals surface area contributed by atoms with Gasteiger partial charge in [0.25, 0.3) is 0 Å². The SMILES string of the molecule is [CH2]CCC(=CC)CCC. The third-order valence-electron chi connectivity index (χ3n) is 1.48. The van der Waals surface area contributed by atoms with E-state index in [1.54, 1.807) is 5.57 Å². The minimum absolute atomic E-state index is 1.04. The zero-order valence-corrected chi connectivity index (χ0v) is 6.61. The van der Waals surface area contributed by atoms with E-state index in [0.29, 0.717) is 0 Å². The van der Waals surface area contributed by atoms with Gasteiger partial charge in [-0.25, -0.2) is 0 Å². The highest BCUT2D eigenvalue weighted by atomic mass is 14.0. The van der Waals surface area contributed by atoms with E-state index in [9.17, 15) is 0 Å². The van der Waals surface area contributed by atoms with Gasteiger partial charge >= 0.3 is 0 Å². The van der Waals surface area contributed by atoms with Crippen LogP contribution >= 0.6 is 0 Å². The average molecular weight is 125 g/mol. The second kappa shape index (κ2) is 5.87. The molecule has 0 aliphatic heterocycles. The lowest BCUT2D eigenvalue weighted by atomic mass is 10.1. The summed E-state index contributed by atoms with van der Waals surface area (Å²) in [5, 5.41) is 0. The van der Waals surface area contributed by atoms with Crippen molar-refractivity contribution in [3.63, 3.8) is 0 Å². The van der Waals surface area contributed by atoms with Gasteiger partial charge in [-0.15, -0.1) is 0 Å². The maximum atomic E-state index is 3.81. The standard InChI is InChI=1S/C9H17/c1-4-7-9(6-3)8-5-2/h6H,1,4-5,7-8H2,2-3H3. The van der Waals surface area contributed by atoms with E-state index < -0.39 is 0 Å². The fourth-order valence-corrected chi connectivity index (χ4v) is 0.962. The van der Waals surface area contributed by atoms with Gasteiger partial charge < -0.3 is 0 Å². The molecule has 0 aliphatic rings. The molecule has 0 saturated carbocycles. The van der Waals surface area contributed by atoms with E-state index in [-0.39, 0.29) is 0 Å². The molecule has 0 fully saturated rings. The molecule has 0 bridgehead atoms. The molecule has 0 spiro atoms. The van der Waals surface area contributed by atoms with Crippen molar-refractivity contribution >= 4 is 0 Å². The van der Waals surface area contributed by atoms with Gasteiger partial charge in [-0.2, -0.15) is 0 Å². The number of rotatable bonds is 4. The average Bonchev–Trinajstić information content (AvgIpc) is 1.88. The summed E-state index contributed by atoms with van der Waals surface area (Å²) in [6.45, 7) is 8.14. The van der Waals surface area contributed by atoms with Gasteiger partial charge in [0.1, 0.15) is 0 Å². The van der Waals surface area contributed by atoms with Crippen LogP contribution in [0.4, 0.5) is 0 Å². The monoisotopic (exact) mass is 125 g/mol. The van der Waals surface area contributed by atoms with Crippen molar-refractivity contribution in [1.82, 2.24) is 0 Å². The van der Waals surface area contributed by atoms with Crippen LogP contribution < -0.4 is 0 Å². The maximum Gasteiger partial charge on any atom is -0.0320 e. The Kier molecular flexibility index (Phi) is 5.70. The molecule has 1 radical (unpaired) electrons. The molecule has 0 aliphatic carbocycles. The van der Waals surface area contributed by atoms with Crippen molar-refractivity contribution in [2.24, 2.45) is 0 Å². The van der Waals surface area contributed by atoms with Gasteiger partial charge in [0, 0.05) is 0 Å². The van der Waals surface area contributed by atoms with Crippen molar-refractivity contribution in [3.8, 4) is 0 Å². The van der Waals surface area contributed by atoms with E-state index in [1.165, 1.54) is 19.3 Å². The summed E-state index contributed by atoms with van der Waals surface area (Å²) >= 11 is 0. The van der Waals surface area contributed by atoms with Gasteiger partial charge in [0.05, 0.1) is 0 Å². The molecule has 0 rings (SSSR count). The molecule has 0 heteroatoms. The Balaban J connectivity index is 3.43. The van der Waals surface area contributed by atoms with Gasteiger partial charge in [0.2, 0.25) is 0 Å². The second-order valence-corrected chi connectivity index (χ2v) is 2.30. The van der Waals surface area contributed by atoms with Crippen molar-refractivity contribution in [1.29, 1.82) is 0 Å². The molecule has 9 heavy (non-hydrogen) atoms. The number of hydrogen-bond donors (Lipinski definition) is 0. The lowest BCUT2D eigenvalue weighted by molar-refractivity contribution is 0.825. The summed E-state index contributed by atoms with van der Waals surface area (Å²) in [7, 11) is 0. The molecule has 0 nitrogen and oxygen atoms in total. The fourth-order valence-electron chi connectivity index (χ4n) is 0.962. The van der Waals surface area contributed by atoms with Crippen LogP contribution in [0.25, 0.3) is 0 Å². The van der Waals surface area contributed by atoms with Gasteiger partial charge in [0.15, 0.2) is 0 Å². The summed E-state index contributed by atoms with van der Waals surface area (Å²) in [6.07, 6.45) is 6.96. The first kappa shape index (κ1) is 8.74. The lowest BCUT2D eigenvalue weighted by Gasteiger charge is -2.00. The molecular formula is C9H17. The van der Waals surface area contributed by atoms with Crippen LogP contribution in [0.1, 0.15) is 39.5 Å². The molecular weight excluding hydrogens is 108 g/mol. The lowest BCUT2D eigenvalue weighted by Crippen LogP contribution is -1.80. The fraction of sp³-hybridized carbons (Fsp3) is 0.667.